The molecule has 0 amide bonds. The van der Waals surface area contributed by atoms with Gasteiger partial charge in [-0.2, -0.15) is 0 Å². The van der Waals surface area contributed by atoms with Crippen molar-refractivity contribution in [3.8, 4) is 0 Å². The van der Waals surface area contributed by atoms with E-state index >= 15 is 0 Å². The molecule has 0 N–H and O–H groups in total. The van der Waals surface area contributed by atoms with E-state index in [9.17, 15) is 0 Å². The van der Waals surface area contributed by atoms with Gasteiger partial charge in [0.25, 0.3) is 0 Å². The fraction of sp³-hybridized carbons (Fsp3) is 0. The van der Waals surface area contributed by atoms with Gasteiger partial charge in [0.15, 0.2) is 0 Å². The smallest absolute Gasteiger partial charge is 1.00 e. The monoisotopic (exact) mass is 216 g/mol. The van der Waals surface area contributed by atoms with Gasteiger partial charge in [0, 0.05) is 6.33 Å². The molecule has 9 heavy (non-hydrogen) atoms. The third-order valence-electron chi connectivity index (χ3n) is 0.491. The zero-order valence-electron chi connectivity index (χ0n) is 4.51. The topological polar surface area (TPSA) is 25.8 Å². The molecule has 5 heteroatoms. The summed E-state index contributed by atoms with van der Waals surface area (Å²) in [5.41, 5.74) is 0. The Bertz CT molecular complexity index is 148. The van der Waals surface area contributed by atoms with E-state index in [4.69, 9.17) is 0 Å². The van der Waals surface area contributed by atoms with E-state index in [-0.39, 0.29) is 35.5 Å². The molecule has 0 bridgehead atoms. The van der Waals surface area contributed by atoms with Gasteiger partial charge in [0.2, 0.25) is 0 Å². The summed E-state index contributed by atoms with van der Waals surface area (Å²) in [7, 11) is 0. The summed E-state index contributed by atoms with van der Waals surface area (Å²) in [6.45, 7) is 0. The molecule has 0 aromatic carbocycles. The van der Waals surface area contributed by atoms with Crippen molar-refractivity contribution in [1.82, 2.24) is 9.97 Å². The van der Waals surface area contributed by atoms with Crippen molar-refractivity contribution in [2.75, 3.05) is 0 Å². The minimum Gasteiger partial charge on any atom is -1.00 e. The van der Waals surface area contributed by atoms with Crippen molar-refractivity contribution in [2.24, 2.45) is 0 Å². The van der Waals surface area contributed by atoms with Crippen LogP contribution in [0.15, 0.2) is 16.9 Å². The maximum atomic E-state index is 3.60. The first-order chi connectivity index (χ1) is 3.39. The van der Waals surface area contributed by atoms with E-state index in [1.54, 1.807) is 12.4 Å². The average Bonchev–Trinajstić information content (AvgIpc) is 1.69. The van der Waals surface area contributed by atoms with Crippen LogP contribution >= 0.6 is 15.9 Å². The second kappa shape index (κ2) is 6.73. The molecule has 1 heterocycles. The van der Waals surface area contributed by atoms with E-state index < -0.39 is 0 Å². The summed E-state index contributed by atoms with van der Waals surface area (Å²) in [4.78, 5) is 7.20. The molecule has 0 aliphatic rings. The summed E-state index contributed by atoms with van der Waals surface area (Å²) >= 11 is 3.17. The Kier molecular flexibility index (Phi) is 9.21. The minimum atomic E-state index is 0. The molecular weight excluding hydrogens is 216 g/mol. The molecule has 1 aromatic rings. The molecule has 0 saturated carbocycles. The molecular formula is C4H2BrClMgN2. The van der Waals surface area contributed by atoms with E-state index in [0.29, 0.717) is 0 Å². The van der Waals surface area contributed by atoms with Crippen LogP contribution in [0.3, 0.4) is 0 Å². The standard InChI is InChI=1S/C4H2BrN2.ClH.Mg/c5-4-1-6-3-7-2-4;;/h1-2H;1H;/q-1;;+2/p-1. The molecule has 2 nitrogen and oxygen atoms in total. The van der Waals surface area contributed by atoms with Crippen molar-refractivity contribution in [2.45, 2.75) is 0 Å². The molecule has 0 aliphatic carbocycles. The largest absolute Gasteiger partial charge is 2.00 e. The van der Waals surface area contributed by atoms with Gasteiger partial charge in [0.05, 0.1) is 0 Å². The summed E-state index contributed by atoms with van der Waals surface area (Å²) in [5.74, 6) is 0. The van der Waals surface area contributed by atoms with Crippen LogP contribution in [-0.4, -0.2) is 33.0 Å². The number of hydrogen-bond donors (Lipinski definition) is 0. The Labute approximate surface area is 84.2 Å². The second-order valence-corrected chi connectivity index (χ2v) is 1.92. The third-order valence-corrected chi connectivity index (χ3v) is 0.901. The maximum Gasteiger partial charge on any atom is 2.00 e. The van der Waals surface area contributed by atoms with Crippen LogP contribution in [0.1, 0.15) is 0 Å². The van der Waals surface area contributed by atoms with Gasteiger partial charge < -0.3 is 22.4 Å². The third kappa shape index (κ3) is 5.08. The Hall–Kier alpha value is 0.616. The Morgan fingerprint density at radius 3 is 2.00 bits per heavy atom. The van der Waals surface area contributed by atoms with Crippen molar-refractivity contribution < 1.29 is 12.4 Å². The van der Waals surface area contributed by atoms with Gasteiger partial charge in [-0.25, -0.2) is 0 Å². The van der Waals surface area contributed by atoms with Crippen LogP contribution in [0.25, 0.3) is 0 Å². The Morgan fingerprint density at radius 2 is 1.78 bits per heavy atom. The van der Waals surface area contributed by atoms with Gasteiger partial charge in [-0.1, -0.05) is 32.8 Å². The molecule has 1 aromatic heterocycles. The first-order valence-corrected chi connectivity index (χ1v) is 2.52. The molecule has 0 radical (unpaired) electrons. The number of nitrogens with zero attached hydrogens (tertiary/aromatic N) is 2. The fourth-order valence-electron chi connectivity index (χ4n) is 0.248. The molecule has 0 unspecified atom stereocenters. The molecule has 0 atom stereocenters. The molecule has 0 spiro atoms. The number of aromatic nitrogens is 2. The number of halogens is 2. The summed E-state index contributed by atoms with van der Waals surface area (Å²) in [5, 5.41) is 0. The Balaban J connectivity index is 0. The maximum absolute atomic E-state index is 3.60. The average molecular weight is 218 g/mol. The van der Waals surface area contributed by atoms with Gasteiger partial charge in [-0.15, -0.1) is 0 Å². The summed E-state index contributed by atoms with van der Waals surface area (Å²) in [6.07, 6.45) is 5.67. The molecule has 0 aliphatic heterocycles. The number of rotatable bonds is 0. The van der Waals surface area contributed by atoms with Gasteiger partial charge in [-0.05, 0) is 0 Å². The second-order valence-electron chi connectivity index (χ2n) is 1.00. The molecule has 44 valence electrons. The van der Waals surface area contributed by atoms with Gasteiger partial charge >= 0.3 is 23.1 Å². The molecule has 1 rings (SSSR count). The van der Waals surface area contributed by atoms with Crippen LogP contribution in [0, 0.1) is 6.33 Å². The minimum absolute atomic E-state index is 0. The van der Waals surface area contributed by atoms with Gasteiger partial charge in [0.1, 0.15) is 0 Å². The first kappa shape index (κ1) is 12.3. The van der Waals surface area contributed by atoms with E-state index in [1.165, 1.54) is 0 Å². The molecule has 0 fully saturated rings. The summed E-state index contributed by atoms with van der Waals surface area (Å²) in [6, 6.07) is 0. The van der Waals surface area contributed by atoms with E-state index in [1.807, 2.05) is 0 Å². The van der Waals surface area contributed by atoms with Crippen LogP contribution in [-0.2, 0) is 0 Å². The predicted octanol–water partition coefficient (Wildman–Crippen LogP) is -2.34. The van der Waals surface area contributed by atoms with E-state index in [0.717, 1.165) is 4.47 Å². The van der Waals surface area contributed by atoms with Crippen LogP contribution in [0.4, 0.5) is 0 Å². The van der Waals surface area contributed by atoms with Crippen molar-refractivity contribution >= 4 is 39.0 Å². The number of hydrogen-bond acceptors (Lipinski definition) is 2. The predicted molar refractivity (Wildman–Crippen MR) is 34.3 cm³/mol. The van der Waals surface area contributed by atoms with Crippen molar-refractivity contribution in [3.05, 3.63) is 23.2 Å². The molecule has 0 saturated heterocycles. The Morgan fingerprint density at radius 1 is 1.33 bits per heavy atom. The summed E-state index contributed by atoms with van der Waals surface area (Å²) < 4.78 is 0.881. The van der Waals surface area contributed by atoms with Crippen LogP contribution in [0.2, 0.25) is 0 Å². The van der Waals surface area contributed by atoms with Crippen LogP contribution in [0.5, 0.6) is 0 Å². The SMILES string of the molecule is Brc1cn[c-]nc1.[Cl-].[Mg+2]. The quantitative estimate of drug-likeness (QED) is 0.360. The first-order valence-electron chi connectivity index (χ1n) is 1.73. The normalized spacial score (nSPS) is 6.78. The van der Waals surface area contributed by atoms with Crippen molar-refractivity contribution in [3.63, 3.8) is 0 Å². The zero-order chi connectivity index (χ0) is 5.11. The van der Waals surface area contributed by atoms with Crippen LogP contribution < -0.4 is 12.4 Å². The van der Waals surface area contributed by atoms with E-state index in [2.05, 4.69) is 32.2 Å². The fourth-order valence-corrected chi connectivity index (χ4v) is 0.452. The van der Waals surface area contributed by atoms with Crippen molar-refractivity contribution in [1.29, 1.82) is 0 Å². The van der Waals surface area contributed by atoms with Gasteiger partial charge in [-0.3, -0.25) is 0 Å². The zero-order valence-corrected chi connectivity index (χ0v) is 8.27.